The number of hydrogen-bond donors (Lipinski definition) is 0. The van der Waals surface area contributed by atoms with Gasteiger partial charge in [0.1, 0.15) is 4.75 Å². The van der Waals surface area contributed by atoms with Gasteiger partial charge in [-0.1, -0.05) is 13.3 Å². The van der Waals surface area contributed by atoms with Gasteiger partial charge in [-0.25, -0.2) is 8.42 Å². The highest BCUT2D eigenvalue weighted by molar-refractivity contribution is 7.93. The average molecular weight is 329 g/mol. The van der Waals surface area contributed by atoms with Gasteiger partial charge in [0.15, 0.2) is 9.84 Å². The molecule has 0 aromatic carbocycles. The van der Waals surface area contributed by atoms with E-state index in [9.17, 15) is 13.2 Å². The second-order valence-electron chi connectivity index (χ2n) is 7.20. The number of amides is 1. The fourth-order valence-electron chi connectivity index (χ4n) is 3.63. The van der Waals surface area contributed by atoms with E-state index < -0.39 is 14.6 Å². The van der Waals surface area contributed by atoms with Gasteiger partial charge in [-0.3, -0.25) is 4.79 Å². The lowest BCUT2D eigenvalue weighted by atomic mass is 9.83. The number of rotatable bonds is 7. The molecule has 3 fully saturated rings. The van der Waals surface area contributed by atoms with Crippen molar-refractivity contribution in [1.82, 2.24) is 4.90 Å². The fraction of sp³-hybridized carbons (Fsp3) is 0.938. The lowest BCUT2D eigenvalue weighted by Crippen LogP contribution is -2.68. The van der Waals surface area contributed by atoms with Crippen molar-refractivity contribution in [2.24, 2.45) is 11.8 Å². The Morgan fingerprint density at radius 3 is 2.59 bits per heavy atom. The summed E-state index contributed by atoms with van der Waals surface area (Å²) in [5, 5.41) is 0. The lowest BCUT2D eigenvalue weighted by Gasteiger charge is -2.50. The normalized spacial score (nSPS) is 28.8. The Morgan fingerprint density at radius 1 is 1.23 bits per heavy atom. The fourth-order valence-corrected chi connectivity index (χ4v) is 6.03. The highest BCUT2D eigenvalue weighted by atomic mass is 32.2. The maximum atomic E-state index is 12.5. The van der Waals surface area contributed by atoms with Crippen molar-refractivity contribution in [2.75, 3.05) is 32.1 Å². The highest BCUT2D eigenvalue weighted by Gasteiger charge is 2.62. The molecule has 2 saturated heterocycles. The monoisotopic (exact) mass is 329 g/mol. The van der Waals surface area contributed by atoms with Crippen molar-refractivity contribution in [2.45, 2.75) is 50.2 Å². The van der Waals surface area contributed by atoms with Crippen molar-refractivity contribution >= 4 is 15.7 Å². The van der Waals surface area contributed by atoms with Gasteiger partial charge in [0.2, 0.25) is 5.91 Å². The topological polar surface area (TPSA) is 63.7 Å². The van der Waals surface area contributed by atoms with Gasteiger partial charge in [-0.05, 0) is 31.6 Å². The first-order chi connectivity index (χ1) is 10.5. The van der Waals surface area contributed by atoms with Crippen LogP contribution in [0.5, 0.6) is 0 Å². The number of carbonyl (C=O) groups is 1. The molecule has 0 unspecified atom stereocenters. The number of nitrogens with zero attached hydrogens (tertiary/aromatic N) is 1. The molecule has 2 aliphatic heterocycles. The number of hydrogen-bond acceptors (Lipinski definition) is 4. The van der Waals surface area contributed by atoms with Crippen molar-refractivity contribution in [1.29, 1.82) is 0 Å². The van der Waals surface area contributed by atoms with E-state index in [-0.39, 0.29) is 17.6 Å². The smallest absolute Gasteiger partial charge is 0.222 e. The highest BCUT2D eigenvalue weighted by Crippen LogP contribution is 2.45. The van der Waals surface area contributed by atoms with E-state index in [1.165, 1.54) is 12.8 Å². The Bertz CT molecular complexity index is 520. The van der Waals surface area contributed by atoms with Gasteiger partial charge >= 0.3 is 0 Å². The molecule has 1 spiro atoms. The van der Waals surface area contributed by atoms with E-state index in [2.05, 4.69) is 6.92 Å². The molecular weight excluding hydrogens is 302 g/mol. The number of sulfone groups is 1. The number of carbonyl (C=O) groups excluding carboxylic acids is 1. The van der Waals surface area contributed by atoms with Crippen LogP contribution in [0.2, 0.25) is 0 Å². The standard InChI is InChI=1S/C16H27NO4S/c1-2-3-4-15(18)17-11-16(12-17)14(7-8-22(16,19)20)10-21-9-13-5-6-13/h13-14H,2-12H2,1H3/t14-/m0/s1. The van der Waals surface area contributed by atoms with Gasteiger partial charge in [-0.15, -0.1) is 0 Å². The summed E-state index contributed by atoms with van der Waals surface area (Å²) in [6, 6.07) is 0. The summed E-state index contributed by atoms with van der Waals surface area (Å²) in [4.78, 5) is 13.8. The first-order valence-corrected chi connectivity index (χ1v) is 10.2. The second kappa shape index (κ2) is 6.11. The van der Waals surface area contributed by atoms with Crippen molar-refractivity contribution < 1.29 is 17.9 Å². The zero-order chi connectivity index (χ0) is 15.8. The molecule has 0 aromatic heterocycles. The molecule has 1 saturated carbocycles. The molecule has 0 bridgehead atoms. The summed E-state index contributed by atoms with van der Waals surface area (Å²) in [6.07, 6.45) is 5.57. The van der Waals surface area contributed by atoms with E-state index in [0.29, 0.717) is 38.5 Å². The molecule has 0 radical (unpaired) electrons. The summed E-state index contributed by atoms with van der Waals surface area (Å²) >= 11 is 0. The van der Waals surface area contributed by atoms with Crippen LogP contribution in [0.1, 0.15) is 45.4 Å². The van der Waals surface area contributed by atoms with Crippen LogP contribution in [0.15, 0.2) is 0 Å². The molecule has 126 valence electrons. The van der Waals surface area contributed by atoms with Crippen LogP contribution in [0.25, 0.3) is 0 Å². The summed E-state index contributed by atoms with van der Waals surface area (Å²) in [5.41, 5.74) is 0. The molecule has 6 heteroatoms. The van der Waals surface area contributed by atoms with Gasteiger partial charge in [0.25, 0.3) is 0 Å². The van der Waals surface area contributed by atoms with E-state index in [1.54, 1.807) is 4.90 Å². The zero-order valence-corrected chi connectivity index (χ0v) is 14.2. The first kappa shape index (κ1) is 16.2. The average Bonchev–Trinajstić information content (AvgIpc) is 3.19. The molecule has 3 aliphatic rings. The van der Waals surface area contributed by atoms with Crippen LogP contribution in [-0.2, 0) is 19.4 Å². The predicted molar refractivity (Wildman–Crippen MR) is 84.3 cm³/mol. The van der Waals surface area contributed by atoms with Crippen molar-refractivity contribution in [3.8, 4) is 0 Å². The first-order valence-electron chi connectivity index (χ1n) is 8.56. The minimum atomic E-state index is -3.09. The Kier molecular flexibility index (Phi) is 4.52. The molecule has 2 heterocycles. The Balaban J connectivity index is 1.57. The Labute approximate surface area is 133 Å². The van der Waals surface area contributed by atoms with E-state index >= 15 is 0 Å². The lowest BCUT2D eigenvalue weighted by molar-refractivity contribution is -0.138. The van der Waals surface area contributed by atoms with Crippen molar-refractivity contribution in [3.05, 3.63) is 0 Å². The number of likely N-dealkylation sites (tertiary alicyclic amines) is 1. The summed E-state index contributed by atoms with van der Waals surface area (Å²) < 4.78 is 30.0. The van der Waals surface area contributed by atoms with Crippen LogP contribution in [0.3, 0.4) is 0 Å². The van der Waals surface area contributed by atoms with Gasteiger partial charge in [0.05, 0.1) is 12.4 Å². The van der Waals surface area contributed by atoms with Crippen LogP contribution in [-0.4, -0.2) is 56.0 Å². The third-order valence-electron chi connectivity index (χ3n) is 5.48. The predicted octanol–water partition coefficient (Wildman–Crippen LogP) is 1.62. The quantitative estimate of drug-likeness (QED) is 0.712. The number of unbranched alkanes of at least 4 members (excludes halogenated alkanes) is 1. The van der Waals surface area contributed by atoms with Gasteiger partial charge < -0.3 is 9.64 Å². The largest absolute Gasteiger partial charge is 0.381 e. The van der Waals surface area contributed by atoms with E-state index in [0.717, 1.165) is 19.4 Å². The SMILES string of the molecule is CCCCC(=O)N1CC2(C1)[C@H](COCC1CC1)CCS2(=O)=O. The zero-order valence-electron chi connectivity index (χ0n) is 13.4. The maximum Gasteiger partial charge on any atom is 0.222 e. The molecule has 0 aromatic rings. The minimum absolute atomic E-state index is 0.0616. The third kappa shape index (κ3) is 2.92. The molecule has 22 heavy (non-hydrogen) atoms. The molecule has 1 amide bonds. The third-order valence-corrected chi connectivity index (χ3v) is 8.09. The maximum absolute atomic E-state index is 12.5. The summed E-state index contributed by atoms with van der Waals surface area (Å²) in [5.74, 6) is 1.11. The molecule has 1 aliphatic carbocycles. The van der Waals surface area contributed by atoms with Crippen LogP contribution in [0, 0.1) is 11.8 Å². The van der Waals surface area contributed by atoms with Crippen molar-refractivity contribution in [3.63, 3.8) is 0 Å². The van der Waals surface area contributed by atoms with Gasteiger partial charge in [0, 0.05) is 32.0 Å². The molecule has 0 N–H and O–H groups in total. The van der Waals surface area contributed by atoms with Crippen LogP contribution >= 0.6 is 0 Å². The second-order valence-corrected chi connectivity index (χ2v) is 9.65. The molecular formula is C16H27NO4S. The van der Waals surface area contributed by atoms with E-state index in [4.69, 9.17) is 4.74 Å². The Hall–Kier alpha value is -0.620. The van der Waals surface area contributed by atoms with Gasteiger partial charge in [-0.2, -0.15) is 0 Å². The number of ether oxygens (including phenoxy) is 1. The summed E-state index contributed by atoms with van der Waals surface area (Å²) in [6.45, 7) is 4.13. The summed E-state index contributed by atoms with van der Waals surface area (Å²) in [7, 11) is -3.09. The van der Waals surface area contributed by atoms with Crippen LogP contribution < -0.4 is 0 Å². The van der Waals surface area contributed by atoms with E-state index in [1.807, 2.05) is 0 Å². The Morgan fingerprint density at radius 2 is 1.95 bits per heavy atom. The molecule has 3 rings (SSSR count). The minimum Gasteiger partial charge on any atom is -0.381 e. The molecule has 1 atom stereocenters. The molecule has 5 nitrogen and oxygen atoms in total. The van der Waals surface area contributed by atoms with Crippen LogP contribution in [0.4, 0.5) is 0 Å².